The van der Waals surface area contributed by atoms with E-state index in [1.54, 1.807) is 0 Å². The van der Waals surface area contributed by atoms with E-state index in [9.17, 15) is 4.79 Å². The van der Waals surface area contributed by atoms with Gasteiger partial charge in [-0.1, -0.05) is 35.2 Å². The van der Waals surface area contributed by atoms with Crippen LogP contribution in [0.3, 0.4) is 0 Å². The maximum Gasteiger partial charge on any atom is 0.233 e. The van der Waals surface area contributed by atoms with E-state index in [2.05, 4.69) is 52.5 Å². The number of amides is 1. The summed E-state index contributed by atoms with van der Waals surface area (Å²) in [6, 6.07) is 6.43. The Balaban J connectivity index is 1.21. The first-order valence-corrected chi connectivity index (χ1v) is 12.3. The monoisotopic (exact) mass is 447 g/mol. The molecule has 2 saturated heterocycles. The Bertz CT molecular complexity index is 861. The maximum atomic E-state index is 12.7. The van der Waals surface area contributed by atoms with Crippen LogP contribution in [0.5, 0.6) is 0 Å². The summed E-state index contributed by atoms with van der Waals surface area (Å²) < 4.78 is 6.44. The molecule has 0 unspecified atom stereocenters. The molecule has 1 atom stereocenters. The number of thioether (sulfide) groups is 1. The molecule has 2 aliphatic heterocycles. The summed E-state index contributed by atoms with van der Waals surface area (Å²) in [6.07, 6.45) is 2.50. The van der Waals surface area contributed by atoms with Crippen LogP contribution in [0.1, 0.15) is 24.0 Å². The first-order chi connectivity index (χ1) is 14.6. The lowest BCUT2D eigenvalue weighted by Crippen LogP contribution is -2.49. The minimum atomic E-state index is 0.171. The summed E-state index contributed by atoms with van der Waals surface area (Å²) in [5, 5.41) is 12.5. The lowest BCUT2D eigenvalue weighted by Gasteiger charge is -2.37. The first-order valence-electron chi connectivity index (χ1n) is 10.5. The highest BCUT2D eigenvalue weighted by molar-refractivity contribution is 8.01. The smallest absolute Gasteiger partial charge is 0.233 e. The fraction of sp³-hybridized carbons (Fsp3) is 0.571. The van der Waals surface area contributed by atoms with Gasteiger partial charge in [-0.05, 0) is 43.9 Å². The molecule has 0 spiro atoms. The highest BCUT2D eigenvalue weighted by atomic mass is 32.2. The van der Waals surface area contributed by atoms with Gasteiger partial charge in [-0.25, -0.2) is 0 Å². The fourth-order valence-corrected chi connectivity index (χ4v) is 5.50. The van der Waals surface area contributed by atoms with Gasteiger partial charge in [-0.2, -0.15) is 0 Å². The van der Waals surface area contributed by atoms with Crippen LogP contribution in [0.4, 0.5) is 10.8 Å². The molecule has 2 fully saturated rings. The van der Waals surface area contributed by atoms with Gasteiger partial charge in [0.2, 0.25) is 11.0 Å². The molecule has 0 radical (unpaired) electrons. The number of ether oxygens (including phenoxy) is 1. The van der Waals surface area contributed by atoms with Crippen LogP contribution < -0.4 is 10.2 Å². The fourth-order valence-electron chi connectivity index (χ4n) is 3.84. The van der Waals surface area contributed by atoms with Crippen LogP contribution in [0, 0.1) is 13.8 Å². The number of carbonyl (C=O) groups excluding carboxylic acids is 1. The molecule has 7 nitrogen and oxygen atoms in total. The first kappa shape index (κ1) is 21.4. The van der Waals surface area contributed by atoms with Crippen molar-refractivity contribution in [1.82, 2.24) is 15.1 Å². The number of anilines is 2. The quantitative estimate of drug-likeness (QED) is 0.654. The van der Waals surface area contributed by atoms with Gasteiger partial charge in [-0.15, -0.1) is 10.2 Å². The number of nitrogens with one attached hydrogen (secondary N) is 1. The highest BCUT2D eigenvalue weighted by Gasteiger charge is 2.23. The molecule has 1 N–H and O–H groups in total. The van der Waals surface area contributed by atoms with E-state index in [1.807, 2.05) is 4.90 Å². The summed E-state index contributed by atoms with van der Waals surface area (Å²) in [7, 11) is 0. The zero-order valence-electron chi connectivity index (χ0n) is 17.6. The minimum Gasteiger partial charge on any atom is -0.376 e. The second-order valence-corrected chi connectivity index (χ2v) is 9.96. The number of benzene rings is 1. The average molecular weight is 448 g/mol. The summed E-state index contributed by atoms with van der Waals surface area (Å²) in [5.41, 5.74) is 3.92. The van der Waals surface area contributed by atoms with E-state index in [1.165, 1.54) is 39.9 Å². The SMILES string of the molecule is Cc1cccc(N2CCN(C(=O)CSc3nnc(NC[C@@H]4CCCO4)s3)CC2)c1C. The molecule has 1 aromatic carbocycles. The lowest BCUT2D eigenvalue weighted by molar-refractivity contribution is -0.128. The summed E-state index contributed by atoms with van der Waals surface area (Å²) in [4.78, 5) is 17.0. The van der Waals surface area contributed by atoms with E-state index in [0.717, 1.165) is 61.6 Å². The summed E-state index contributed by atoms with van der Waals surface area (Å²) in [5.74, 6) is 0.578. The zero-order chi connectivity index (χ0) is 20.9. The molecule has 1 aromatic heterocycles. The van der Waals surface area contributed by atoms with Crippen LogP contribution >= 0.6 is 23.1 Å². The molecule has 4 rings (SSSR count). The van der Waals surface area contributed by atoms with Crippen LogP contribution in [0.25, 0.3) is 0 Å². The Hall–Kier alpha value is -1.84. The number of hydrogen-bond donors (Lipinski definition) is 1. The summed E-state index contributed by atoms with van der Waals surface area (Å²) in [6.45, 7) is 9.20. The molecule has 3 heterocycles. The average Bonchev–Trinajstić information content (AvgIpc) is 3.44. The van der Waals surface area contributed by atoms with Crippen LogP contribution in [0.2, 0.25) is 0 Å². The Kier molecular flexibility index (Phi) is 7.12. The molecule has 30 heavy (non-hydrogen) atoms. The molecule has 1 amide bonds. The van der Waals surface area contributed by atoms with Crippen LogP contribution in [-0.4, -0.2) is 72.2 Å². The van der Waals surface area contributed by atoms with Gasteiger partial charge in [0.1, 0.15) is 0 Å². The van der Waals surface area contributed by atoms with Crippen molar-refractivity contribution in [1.29, 1.82) is 0 Å². The van der Waals surface area contributed by atoms with Crippen molar-refractivity contribution in [3.8, 4) is 0 Å². The number of aromatic nitrogens is 2. The molecular formula is C21H29N5O2S2. The van der Waals surface area contributed by atoms with Gasteiger partial charge in [0, 0.05) is 45.0 Å². The molecule has 0 saturated carbocycles. The van der Waals surface area contributed by atoms with Gasteiger partial charge < -0.3 is 19.9 Å². The van der Waals surface area contributed by atoms with Gasteiger partial charge >= 0.3 is 0 Å². The predicted molar refractivity (Wildman–Crippen MR) is 123 cm³/mol. The standard InChI is InChI=1S/C21H29N5O2S2/c1-15-5-3-7-18(16(15)2)25-8-10-26(11-9-25)19(27)14-29-21-24-23-20(30-21)22-13-17-6-4-12-28-17/h3,5,7,17H,4,6,8-14H2,1-2H3,(H,22,23)/t17-/m0/s1. The Morgan fingerprint density at radius 3 is 2.87 bits per heavy atom. The van der Waals surface area contributed by atoms with Crippen LogP contribution in [-0.2, 0) is 9.53 Å². The molecule has 162 valence electrons. The Morgan fingerprint density at radius 1 is 1.27 bits per heavy atom. The van der Waals surface area contributed by atoms with Crippen molar-refractivity contribution in [3.63, 3.8) is 0 Å². The van der Waals surface area contributed by atoms with Gasteiger partial charge in [0.15, 0.2) is 4.34 Å². The lowest BCUT2D eigenvalue weighted by atomic mass is 10.1. The van der Waals surface area contributed by atoms with E-state index < -0.39 is 0 Å². The number of piperazine rings is 1. The van der Waals surface area contributed by atoms with Crippen molar-refractivity contribution in [2.75, 3.05) is 55.3 Å². The van der Waals surface area contributed by atoms with E-state index >= 15 is 0 Å². The van der Waals surface area contributed by atoms with E-state index in [0.29, 0.717) is 5.75 Å². The van der Waals surface area contributed by atoms with Gasteiger partial charge in [-0.3, -0.25) is 4.79 Å². The molecule has 2 aromatic rings. The van der Waals surface area contributed by atoms with Crippen molar-refractivity contribution >= 4 is 39.8 Å². The third kappa shape index (κ3) is 5.25. The van der Waals surface area contributed by atoms with Crippen molar-refractivity contribution in [3.05, 3.63) is 29.3 Å². The highest BCUT2D eigenvalue weighted by Crippen LogP contribution is 2.27. The third-order valence-electron chi connectivity index (χ3n) is 5.78. The van der Waals surface area contributed by atoms with Crippen molar-refractivity contribution in [2.45, 2.75) is 37.1 Å². The zero-order valence-corrected chi connectivity index (χ0v) is 19.2. The number of nitrogens with zero attached hydrogens (tertiary/aromatic N) is 4. The predicted octanol–water partition coefficient (Wildman–Crippen LogP) is 3.19. The number of rotatable bonds is 7. The molecule has 0 aliphatic carbocycles. The van der Waals surface area contributed by atoms with Crippen molar-refractivity contribution in [2.24, 2.45) is 0 Å². The van der Waals surface area contributed by atoms with E-state index in [4.69, 9.17) is 4.74 Å². The molecule has 9 heteroatoms. The maximum absolute atomic E-state index is 12.7. The Labute approximate surface area is 186 Å². The summed E-state index contributed by atoms with van der Waals surface area (Å²) >= 11 is 2.97. The largest absolute Gasteiger partial charge is 0.376 e. The van der Waals surface area contributed by atoms with E-state index in [-0.39, 0.29) is 12.0 Å². The van der Waals surface area contributed by atoms with Crippen LogP contribution in [0.15, 0.2) is 22.5 Å². The van der Waals surface area contributed by atoms with Gasteiger partial charge in [0.05, 0.1) is 11.9 Å². The Morgan fingerprint density at radius 2 is 2.10 bits per heavy atom. The molecule has 2 aliphatic rings. The molecule has 0 bridgehead atoms. The molecular weight excluding hydrogens is 418 g/mol. The number of aryl methyl sites for hydroxylation is 1. The normalized spacial score (nSPS) is 19.3. The second kappa shape index (κ2) is 9.98. The third-order valence-corrected chi connectivity index (χ3v) is 7.78. The van der Waals surface area contributed by atoms with Crippen molar-refractivity contribution < 1.29 is 9.53 Å². The minimum absolute atomic E-state index is 0.171. The van der Waals surface area contributed by atoms with Gasteiger partial charge in [0.25, 0.3) is 0 Å². The topological polar surface area (TPSA) is 70.6 Å². The number of carbonyl (C=O) groups is 1. The number of hydrogen-bond acceptors (Lipinski definition) is 8. The second-order valence-electron chi connectivity index (χ2n) is 7.76.